The van der Waals surface area contributed by atoms with Gasteiger partial charge in [0, 0.05) is 6.04 Å². The van der Waals surface area contributed by atoms with E-state index >= 15 is 0 Å². The van der Waals surface area contributed by atoms with Gasteiger partial charge in [-0.25, -0.2) is 4.39 Å². The highest BCUT2D eigenvalue weighted by Crippen LogP contribution is 2.33. The maximum absolute atomic E-state index is 13.0. The first-order chi connectivity index (χ1) is 8.47. The Hall–Kier alpha value is -1.30. The standard InChI is InChI=1S/C12H13F4NO/c13-11-4-3-9(6-10(11)12(14,15)16)18-7-8-2-1-5-17-8/h3-4,6,8,17H,1-2,5,7H2/t8-/m0/s1. The fraction of sp³-hybridized carbons (Fsp3) is 0.500. The minimum Gasteiger partial charge on any atom is -0.492 e. The molecule has 1 fully saturated rings. The summed E-state index contributed by atoms with van der Waals surface area (Å²) < 4.78 is 55.7. The first kappa shape index (κ1) is 13.1. The Morgan fingerprint density at radius 1 is 1.33 bits per heavy atom. The molecule has 0 bridgehead atoms. The molecule has 0 aromatic heterocycles. The van der Waals surface area contributed by atoms with Gasteiger partial charge in [0.2, 0.25) is 0 Å². The van der Waals surface area contributed by atoms with Crippen molar-refractivity contribution in [3.8, 4) is 5.75 Å². The molecule has 1 aromatic carbocycles. The summed E-state index contributed by atoms with van der Waals surface area (Å²) in [4.78, 5) is 0. The van der Waals surface area contributed by atoms with Crippen molar-refractivity contribution in [2.75, 3.05) is 13.2 Å². The highest BCUT2D eigenvalue weighted by molar-refractivity contribution is 5.31. The van der Waals surface area contributed by atoms with Crippen LogP contribution in [0.2, 0.25) is 0 Å². The largest absolute Gasteiger partial charge is 0.492 e. The number of nitrogens with one attached hydrogen (secondary N) is 1. The van der Waals surface area contributed by atoms with E-state index in [4.69, 9.17) is 4.74 Å². The summed E-state index contributed by atoms with van der Waals surface area (Å²) in [6.45, 7) is 1.19. The third kappa shape index (κ3) is 3.13. The number of halogens is 4. The third-order valence-corrected chi connectivity index (χ3v) is 2.86. The predicted octanol–water partition coefficient (Wildman–Crippen LogP) is 2.98. The van der Waals surface area contributed by atoms with E-state index in [1.165, 1.54) is 6.07 Å². The van der Waals surface area contributed by atoms with Crippen LogP contribution >= 0.6 is 0 Å². The molecule has 1 aliphatic heterocycles. The van der Waals surface area contributed by atoms with Crippen molar-refractivity contribution in [3.63, 3.8) is 0 Å². The van der Waals surface area contributed by atoms with Crippen LogP contribution in [-0.2, 0) is 6.18 Å². The van der Waals surface area contributed by atoms with Crippen molar-refractivity contribution in [1.29, 1.82) is 0 Å². The Kier molecular flexibility index (Phi) is 3.75. The van der Waals surface area contributed by atoms with Crippen molar-refractivity contribution in [1.82, 2.24) is 5.32 Å². The number of hydrogen-bond donors (Lipinski definition) is 1. The second-order valence-electron chi connectivity index (χ2n) is 4.24. The van der Waals surface area contributed by atoms with Gasteiger partial charge in [0.1, 0.15) is 18.2 Å². The summed E-state index contributed by atoms with van der Waals surface area (Å²) in [6.07, 6.45) is -2.73. The third-order valence-electron chi connectivity index (χ3n) is 2.86. The molecule has 0 spiro atoms. The number of alkyl halides is 3. The van der Waals surface area contributed by atoms with Gasteiger partial charge in [-0.05, 0) is 37.6 Å². The number of hydrogen-bond acceptors (Lipinski definition) is 2. The van der Waals surface area contributed by atoms with Gasteiger partial charge in [-0.3, -0.25) is 0 Å². The van der Waals surface area contributed by atoms with Crippen molar-refractivity contribution in [2.24, 2.45) is 0 Å². The Morgan fingerprint density at radius 3 is 2.72 bits per heavy atom. The average Bonchev–Trinajstić information content (AvgIpc) is 2.79. The van der Waals surface area contributed by atoms with Crippen LogP contribution in [0.1, 0.15) is 18.4 Å². The zero-order valence-corrected chi connectivity index (χ0v) is 9.56. The van der Waals surface area contributed by atoms with Crippen LogP contribution in [0.15, 0.2) is 18.2 Å². The Bertz CT molecular complexity index is 413. The molecule has 1 saturated heterocycles. The lowest BCUT2D eigenvalue weighted by atomic mass is 10.2. The zero-order chi connectivity index (χ0) is 13.2. The first-order valence-corrected chi connectivity index (χ1v) is 5.70. The smallest absolute Gasteiger partial charge is 0.419 e. The van der Waals surface area contributed by atoms with Crippen LogP contribution in [-0.4, -0.2) is 19.2 Å². The van der Waals surface area contributed by atoms with Crippen LogP contribution in [0.5, 0.6) is 5.75 Å². The van der Waals surface area contributed by atoms with E-state index in [9.17, 15) is 17.6 Å². The molecule has 1 atom stereocenters. The van der Waals surface area contributed by atoms with E-state index < -0.39 is 17.6 Å². The zero-order valence-electron chi connectivity index (χ0n) is 9.56. The molecule has 1 aromatic rings. The fourth-order valence-corrected chi connectivity index (χ4v) is 1.91. The molecule has 1 heterocycles. The molecular formula is C12H13F4NO. The van der Waals surface area contributed by atoms with Gasteiger partial charge in [0.15, 0.2) is 0 Å². The number of benzene rings is 1. The molecule has 0 amide bonds. The highest BCUT2D eigenvalue weighted by Gasteiger charge is 2.34. The van der Waals surface area contributed by atoms with E-state index in [-0.39, 0.29) is 11.8 Å². The molecule has 0 saturated carbocycles. The molecule has 0 radical (unpaired) electrons. The first-order valence-electron chi connectivity index (χ1n) is 5.70. The van der Waals surface area contributed by atoms with E-state index in [0.29, 0.717) is 12.7 Å². The quantitative estimate of drug-likeness (QED) is 0.846. The maximum Gasteiger partial charge on any atom is 0.419 e. The van der Waals surface area contributed by atoms with Crippen molar-refractivity contribution < 1.29 is 22.3 Å². The molecule has 100 valence electrons. The van der Waals surface area contributed by atoms with Gasteiger partial charge in [0.05, 0.1) is 5.56 Å². The van der Waals surface area contributed by atoms with E-state index in [1.54, 1.807) is 0 Å². The topological polar surface area (TPSA) is 21.3 Å². The molecule has 1 aliphatic rings. The summed E-state index contributed by atoms with van der Waals surface area (Å²) >= 11 is 0. The molecular weight excluding hydrogens is 250 g/mol. The molecule has 0 unspecified atom stereocenters. The summed E-state index contributed by atoms with van der Waals surface area (Å²) in [5, 5.41) is 3.16. The number of rotatable bonds is 3. The predicted molar refractivity (Wildman–Crippen MR) is 57.9 cm³/mol. The minimum absolute atomic E-state index is 0.0393. The van der Waals surface area contributed by atoms with E-state index in [2.05, 4.69) is 5.32 Å². The van der Waals surface area contributed by atoms with Gasteiger partial charge in [-0.15, -0.1) is 0 Å². The molecule has 1 N–H and O–H groups in total. The summed E-state index contributed by atoms with van der Waals surface area (Å²) in [6, 6.07) is 2.84. The lowest BCUT2D eigenvalue weighted by molar-refractivity contribution is -0.140. The van der Waals surface area contributed by atoms with Crippen LogP contribution in [0.4, 0.5) is 17.6 Å². The minimum atomic E-state index is -4.70. The summed E-state index contributed by atoms with van der Waals surface area (Å²) in [5.41, 5.74) is -1.29. The SMILES string of the molecule is Fc1ccc(OC[C@@H]2CCCN2)cc1C(F)(F)F. The normalized spacial score (nSPS) is 20.1. The van der Waals surface area contributed by atoms with Crippen molar-refractivity contribution in [3.05, 3.63) is 29.6 Å². The van der Waals surface area contributed by atoms with Crippen molar-refractivity contribution >= 4 is 0 Å². The lowest BCUT2D eigenvalue weighted by Gasteiger charge is -2.14. The summed E-state index contributed by atoms with van der Waals surface area (Å²) in [5.74, 6) is -1.24. The monoisotopic (exact) mass is 263 g/mol. The van der Waals surface area contributed by atoms with Crippen LogP contribution in [0.3, 0.4) is 0 Å². The van der Waals surface area contributed by atoms with Crippen LogP contribution < -0.4 is 10.1 Å². The van der Waals surface area contributed by atoms with Crippen LogP contribution in [0, 0.1) is 5.82 Å². The van der Waals surface area contributed by atoms with Crippen molar-refractivity contribution in [2.45, 2.75) is 25.1 Å². The van der Waals surface area contributed by atoms with Gasteiger partial charge >= 0.3 is 6.18 Å². The molecule has 2 rings (SSSR count). The molecule has 2 nitrogen and oxygen atoms in total. The summed E-state index contributed by atoms with van der Waals surface area (Å²) in [7, 11) is 0. The van der Waals surface area contributed by atoms with E-state index in [1.807, 2.05) is 0 Å². The fourth-order valence-electron chi connectivity index (χ4n) is 1.91. The Morgan fingerprint density at radius 2 is 2.11 bits per heavy atom. The second-order valence-corrected chi connectivity index (χ2v) is 4.24. The van der Waals surface area contributed by atoms with Gasteiger partial charge in [-0.2, -0.15) is 13.2 Å². The molecule has 6 heteroatoms. The number of ether oxygens (including phenoxy) is 1. The van der Waals surface area contributed by atoms with Gasteiger partial charge in [-0.1, -0.05) is 0 Å². The molecule has 18 heavy (non-hydrogen) atoms. The Balaban J connectivity index is 2.04. The highest BCUT2D eigenvalue weighted by atomic mass is 19.4. The molecule has 0 aliphatic carbocycles. The maximum atomic E-state index is 13.0. The van der Waals surface area contributed by atoms with E-state index in [0.717, 1.165) is 25.5 Å². The second kappa shape index (κ2) is 5.14. The Labute approximate surface area is 102 Å². The van der Waals surface area contributed by atoms with Crippen LogP contribution in [0.25, 0.3) is 0 Å². The lowest BCUT2D eigenvalue weighted by Crippen LogP contribution is -2.28. The van der Waals surface area contributed by atoms with Gasteiger partial charge in [0.25, 0.3) is 0 Å². The average molecular weight is 263 g/mol. The van der Waals surface area contributed by atoms with Gasteiger partial charge < -0.3 is 10.1 Å².